The lowest BCUT2D eigenvalue weighted by molar-refractivity contribution is -0.122. The molecule has 0 spiro atoms. The van der Waals surface area contributed by atoms with Gasteiger partial charge in [0.1, 0.15) is 16.0 Å². The normalized spacial score (nSPS) is 14.9. The number of ketones is 1. The van der Waals surface area contributed by atoms with Gasteiger partial charge in [0.25, 0.3) is 11.5 Å². The van der Waals surface area contributed by atoms with Crippen molar-refractivity contribution in [1.29, 1.82) is 5.26 Å². The Kier molecular flexibility index (Phi) is 6.73. The number of pyridine rings is 1. The van der Waals surface area contributed by atoms with Crippen LogP contribution in [0.25, 0.3) is 6.08 Å². The molecule has 1 aliphatic rings. The van der Waals surface area contributed by atoms with Gasteiger partial charge in [-0.3, -0.25) is 23.9 Å². The Hall–Kier alpha value is -3.22. The molecule has 0 bridgehead atoms. The second-order valence-corrected chi connectivity index (χ2v) is 8.45. The third-order valence-electron chi connectivity index (χ3n) is 4.93. The molecule has 9 heteroatoms. The quantitative estimate of drug-likeness (QED) is 0.407. The smallest absolute Gasteiger partial charge is 0.271 e. The summed E-state index contributed by atoms with van der Waals surface area (Å²) in [6, 6.07) is 11.2. The Morgan fingerprint density at radius 1 is 1.29 bits per heavy atom. The number of amides is 1. The molecule has 0 saturated carbocycles. The van der Waals surface area contributed by atoms with Crippen LogP contribution in [0.5, 0.6) is 5.88 Å². The molecule has 2 heterocycles. The van der Waals surface area contributed by atoms with Gasteiger partial charge >= 0.3 is 0 Å². The van der Waals surface area contributed by atoms with E-state index in [2.05, 4.69) is 0 Å². The molecule has 0 unspecified atom stereocenters. The van der Waals surface area contributed by atoms with Crippen molar-refractivity contribution in [2.75, 3.05) is 6.54 Å². The minimum absolute atomic E-state index is 0.0294. The van der Waals surface area contributed by atoms with Crippen LogP contribution in [0.15, 0.2) is 40.0 Å². The van der Waals surface area contributed by atoms with Gasteiger partial charge < -0.3 is 5.11 Å². The van der Waals surface area contributed by atoms with E-state index in [1.807, 2.05) is 36.4 Å². The third-order valence-corrected chi connectivity index (χ3v) is 6.31. The summed E-state index contributed by atoms with van der Waals surface area (Å²) in [5, 5.41) is 19.8. The maximum absolute atomic E-state index is 12.9. The number of nitriles is 1. The van der Waals surface area contributed by atoms with E-state index in [4.69, 9.17) is 12.2 Å². The first-order valence-corrected chi connectivity index (χ1v) is 10.7. The second-order valence-electron chi connectivity index (χ2n) is 6.78. The van der Waals surface area contributed by atoms with Crippen LogP contribution in [0, 0.1) is 18.3 Å². The summed E-state index contributed by atoms with van der Waals surface area (Å²) in [6.45, 7) is 3.22. The van der Waals surface area contributed by atoms with E-state index >= 15 is 0 Å². The first kappa shape index (κ1) is 22.5. The largest absolute Gasteiger partial charge is 0.494 e. The Bertz CT molecular complexity index is 1210. The summed E-state index contributed by atoms with van der Waals surface area (Å²) in [7, 11) is 0. The van der Waals surface area contributed by atoms with Crippen molar-refractivity contribution >= 4 is 46.1 Å². The van der Waals surface area contributed by atoms with Crippen LogP contribution in [0.3, 0.4) is 0 Å². The summed E-state index contributed by atoms with van der Waals surface area (Å²) in [5.74, 6) is -1.23. The molecular formula is C22H19N3O4S2. The van der Waals surface area contributed by atoms with Crippen molar-refractivity contribution in [3.63, 3.8) is 0 Å². The Morgan fingerprint density at radius 3 is 2.58 bits per heavy atom. The molecule has 7 nitrogen and oxygen atoms in total. The molecular weight excluding hydrogens is 434 g/mol. The minimum Gasteiger partial charge on any atom is -0.494 e. The van der Waals surface area contributed by atoms with Crippen LogP contribution in [0.2, 0.25) is 0 Å². The number of rotatable bonds is 6. The monoisotopic (exact) mass is 453 g/mol. The van der Waals surface area contributed by atoms with Crippen molar-refractivity contribution < 1.29 is 14.7 Å². The van der Waals surface area contributed by atoms with Crippen LogP contribution in [-0.2, 0) is 11.3 Å². The third kappa shape index (κ3) is 4.31. The molecule has 1 saturated heterocycles. The van der Waals surface area contributed by atoms with Gasteiger partial charge in [0.2, 0.25) is 5.88 Å². The molecule has 0 atom stereocenters. The number of hydrogen-bond acceptors (Lipinski definition) is 7. The van der Waals surface area contributed by atoms with Gasteiger partial charge in [0.15, 0.2) is 5.78 Å². The van der Waals surface area contributed by atoms with Crippen molar-refractivity contribution in [3.05, 3.63) is 67.8 Å². The number of carbonyl (C=O) groups is 2. The van der Waals surface area contributed by atoms with E-state index < -0.39 is 17.2 Å². The lowest BCUT2D eigenvalue weighted by atomic mass is 10.00. The molecule has 1 aromatic carbocycles. The van der Waals surface area contributed by atoms with Gasteiger partial charge in [-0.2, -0.15) is 5.26 Å². The van der Waals surface area contributed by atoms with Gasteiger partial charge in [-0.25, -0.2) is 0 Å². The number of benzene rings is 1. The predicted molar refractivity (Wildman–Crippen MR) is 123 cm³/mol. The average Bonchev–Trinajstić information content (AvgIpc) is 3.00. The number of thioether (sulfide) groups is 1. The van der Waals surface area contributed by atoms with Crippen molar-refractivity contribution in [2.24, 2.45) is 0 Å². The summed E-state index contributed by atoms with van der Waals surface area (Å²) in [4.78, 5) is 39.7. The Morgan fingerprint density at radius 2 is 1.97 bits per heavy atom. The molecule has 1 aliphatic heterocycles. The zero-order chi connectivity index (χ0) is 22.7. The molecule has 1 fully saturated rings. The molecule has 31 heavy (non-hydrogen) atoms. The second kappa shape index (κ2) is 9.29. The van der Waals surface area contributed by atoms with E-state index in [1.165, 1.54) is 11.8 Å². The highest BCUT2D eigenvalue weighted by Crippen LogP contribution is 2.33. The van der Waals surface area contributed by atoms with Crippen LogP contribution in [-0.4, -0.2) is 37.1 Å². The SMILES string of the molecule is CCn1c(O)c(C(=O)CCN2C(=O)/C(=C/c3ccccc3)SC2=S)c(C)c(C#N)c1=O. The fraction of sp³-hybridized carbons (Fsp3) is 0.227. The summed E-state index contributed by atoms with van der Waals surface area (Å²) >= 11 is 6.47. The lowest BCUT2D eigenvalue weighted by Gasteiger charge is -2.16. The predicted octanol–water partition coefficient (Wildman–Crippen LogP) is 3.23. The number of carbonyl (C=O) groups excluding carboxylic acids is 2. The average molecular weight is 454 g/mol. The van der Waals surface area contributed by atoms with E-state index in [9.17, 15) is 24.8 Å². The summed E-state index contributed by atoms with van der Waals surface area (Å²) in [5.41, 5.74) is 0.0988. The fourth-order valence-electron chi connectivity index (χ4n) is 3.31. The first-order chi connectivity index (χ1) is 14.8. The van der Waals surface area contributed by atoms with Crippen LogP contribution in [0.4, 0.5) is 0 Å². The van der Waals surface area contributed by atoms with E-state index in [1.54, 1.807) is 13.0 Å². The van der Waals surface area contributed by atoms with Crippen LogP contribution >= 0.6 is 24.0 Å². The van der Waals surface area contributed by atoms with Gasteiger partial charge in [-0.15, -0.1) is 0 Å². The Balaban J connectivity index is 1.83. The van der Waals surface area contributed by atoms with Crippen molar-refractivity contribution in [3.8, 4) is 11.9 Å². The van der Waals surface area contributed by atoms with Crippen LogP contribution < -0.4 is 5.56 Å². The summed E-state index contributed by atoms with van der Waals surface area (Å²) < 4.78 is 1.33. The molecule has 1 amide bonds. The van der Waals surface area contributed by atoms with Gasteiger partial charge in [-0.1, -0.05) is 54.3 Å². The zero-order valence-corrected chi connectivity index (χ0v) is 18.5. The Labute approximate surface area is 188 Å². The molecule has 0 aliphatic carbocycles. The first-order valence-electron chi connectivity index (χ1n) is 9.50. The number of Topliss-reactive ketones (excluding diaryl/α,β-unsaturated/α-hetero) is 1. The molecule has 1 N–H and O–H groups in total. The van der Waals surface area contributed by atoms with E-state index in [-0.39, 0.29) is 42.1 Å². The maximum Gasteiger partial charge on any atom is 0.271 e. The maximum atomic E-state index is 12.9. The minimum atomic E-state index is -0.639. The highest BCUT2D eigenvalue weighted by atomic mass is 32.2. The number of nitrogens with zero attached hydrogens (tertiary/aromatic N) is 3. The van der Waals surface area contributed by atoms with Gasteiger partial charge in [0.05, 0.1) is 10.5 Å². The molecule has 1 aromatic heterocycles. The van der Waals surface area contributed by atoms with Crippen LogP contribution in [0.1, 0.15) is 40.4 Å². The summed E-state index contributed by atoms with van der Waals surface area (Å²) in [6.07, 6.45) is 1.62. The molecule has 2 aromatic rings. The molecule has 3 rings (SSSR count). The highest BCUT2D eigenvalue weighted by molar-refractivity contribution is 8.26. The number of aromatic nitrogens is 1. The number of aromatic hydroxyl groups is 1. The van der Waals surface area contributed by atoms with Crippen molar-refractivity contribution in [2.45, 2.75) is 26.8 Å². The van der Waals surface area contributed by atoms with E-state index in [0.717, 1.165) is 21.9 Å². The topological polar surface area (TPSA) is 103 Å². The fourth-order valence-corrected chi connectivity index (χ4v) is 4.62. The molecule has 158 valence electrons. The number of thiocarbonyl (C=S) groups is 1. The molecule has 0 radical (unpaired) electrons. The van der Waals surface area contributed by atoms with E-state index in [0.29, 0.717) is 9.23 Å². The number of hydrogen-bond donors (Lipinski definition) is 1. The highest BCUT2D eigenvalue weighted by Gasteiger charge is 2.33. The van der Waals surface area contributed by atoms with Crippen molar-refractivity contribution in [1.82, 2.24) is 9.47 Å². The zero-order valence-electron chi connectivity index (χ0n) is 16.9. The lowest BCUT2D eigenvalue weighted by Crippen LogP contribution is -2.31. The van der Waals surface area contributed by atoms with Gasteiger partial charge in [0, 0.05) is 19.5 Å². The van der Waals surface area contributed by atoms with Gasteiger partial charge in [-0.05, 0) is 31.1 Å². The standard InChI is InChI=1S/C22H19N3O4S2/c1-3-24-19(27)15(12-23)13(2)18(21(24)29)16(26)9-10-25-20(28)17(31-22(25)30)11-14-7-5-4-6-8-14/h4-8,11,29H,3,9-10H2,1-2H3/b17-11-.